The number of nitrogens with two attached hydrogens (primary N) is 1. The normalized spacial score (nSPS) is 10.4. The van der Waals surface area contributed by atoms with Crippen LogP contribution in [0.25, 0.3) is 0 Å². The highest BCUT2D eigenvalue weighted by molar-refractivity contribution is 7.98. The lowest BCUT2D eigenvalue weighted by Gasteiger charge is -2.10. The number of benzene rings is 2. The van der Waals surface area contributed by atoms with E-state index in [-0.39, 0.29) is 5.78 Å². The molecule has 0 amide bonds. The van der Waals surface area contributed by atoms with Gasteiger partial charge >= 0.3 is 0 Å². The van der Waals surface area contributed by atoms with Crippen LogP contribution in [-0.4, -0.2) is 12.9 Å². The molecular formula is C17H19NO2S. The third-order valence-electron chi connectivity index (χ3n) is 3.32. The van der Waals surface area contributed by atoms with E-state index in [2.05, 4.69) is 6.07 Å². The minimum Gasteiger partial charge on any atom is -0.496 e. The van der Waals surface area contributed by atoms with Crippen LogP contribution in [0.2, 0.25) is 0 Å². The molecular weight excluding hydrogens is 282 g/mol. The van der Waals surface area contributed by atoms with E-state index >= 15 is 0 Å². The molecule has 0 aliphatic carbocycles. The zero-order chi connectivity index (χ0) is 15.4. The summed E-state index contributed by atoms with van der Waals surface area (Å²) in [5.74, 6) is 1.61. The number of aryl methyl sites for hydroxylation is 1. The Labute approximate surface area is 129 Å². The van der Waals surface area contributed by atoms with Crippen molar-refractivity contribution in [2.45, 2.75) is 24.5 Å². The van der Waals surface area contributed by atoms with Gasteiger partial charge < -0.3 is 10.5 Å². The van der Waals surface area contributed by atoms with E-state index in [1.54, 1.807) is 31.9 Å². The Bertz CT molecular complexity index is 668. The number of ether oxygens (including phenoxy) is 1. The third kappa shape index (κ3) is 3.79. The number of carbonyl (C=O) groups excluding carboxylic acids is 1. The molecule has 0 atom stereocenters. The van der Waals surface area contributed by atoms with Crippen LogP contribution in [0.5, 0.6) is 5.75 Å². The van der Waals surface area contributed by atoms with Crippen molar-refractivity contribution in [3.8, 4) is 5.75 Å². The lowest BCUT2D eigenvalue weighted by Crippen LogP contribution is -1.97. The van der Waals surface area contributed by atoms with Gasteiger partial charge in [0.15, 0.2) is 5.78 Å². The molecule has 4 heteroatoms. The summed E-state index contributed by atoms with van der Waals surface area (Å²) in [5, 5.41) is 0. The summed E-state index contributed by atoms with van der Waals surface area (Å²) >= 11 is 1.70. The van der Waals surface area contributed by atoms with E-state index in [0.29, 0.717) is 5.56 Å². The summed E-state index contributed by atoms with van der Waals surface area (Å²) in [4.78, 5) is 12.6. The third-order valence-corrected chi connectivity index (χ3v) is 4.37. The summed E-state index contributed by atoms with van der Waals surface area (Å²) in [7, 11) is 1.64. The summed E-state index contributed by atoms with van der Waals surface area (Å²) in [5.41, 5.74) is 9.43. The molecule has 2 aromatic carbocycles. The minimum atomic E-state index is 0.0623. The first kappa shape index (κ1) is 15.4. The zero-order valence-electron chi connectivity index (χ0n) is 12.5. The molecule has 2 N–H and O–H groups in total. The Balaban J connectivity index is 2.19. The standard InChI is InChI=1S/C17H19NO2S/c1-11-8-15(5-6-16(11)18)21-10-14-9-13(12(2)19)4-7-17(14)20-3/h4-9H,10,18H2,1-3H3. The minimum absolute atomic E-state index is 0.0623. The highest BCUT2D eigenvalue weighted by Gasteiger charge is 2.08. The highest BCUT2D eigenvalue weighted by atomic mass is 32.2. The lowest BCUT2D eigenvalue weighted by molar-refractivity contribution is 0.101. The predicted octanol–water partition coefficient (Wildman–Crippen LogP) is 4.08. The van der Waals surface area contributed by atoms with Crippen LogP contribution in [-0.2, 0) is 5.75 Å². The predicted molar refractivity (Wildman–Crippen MR) is 88.2 cm³/mol. The van der Waals surface area contributed by atoms with Crippen molar-refractivity contribution in [2.24, 2.45) is 0 Å². The SMILES string of the molecule is COc1ccc(C(C)=O)cc1CSc1ccc(N)c(C)c1. The van der Waals surface area contributed by atoms with Crippen LogP contribution in [0.1, 0.15) is 28.4 Å². The second kappa shape index (κ2) is 6.68. The molecule has 0 heterocycles. The van der Waals surface area contributed by atoms with Crippen molar-refractivity contribution in [1.82, 2.24) is 0 Å². The molecule has 0 aliphatic heterocycles. The van der Waals surface area contributed by atoms with Crippen molar-refractivity contribution in [3.63, 3.8) is 0 Å². The molecule has 0 fully saturated rings. The number of rotatable bonds is 5. The molecule has 0 aliphatic rings. The van der Waals surface area contributed by atoms with Gasteiger partial charge in [-0.15, -0.1) is 11.8 Å². The van der Waals surface area contributed by atoms with Crippen LogP contribution < -0.4 is 10.5 Å². The molecule has 21 heavy (non-hydrogen) atoms. The van der Waals surface area contributed by atoms with Gasteiger partial charge in [-0.2, -0.15) is 0 Å². The molecule has 2 rings (SSSR count). The Hall–Kier alpha value is -1.94. The van der Waals surface area contributed by atoms with Crippen molar-refractivity contribution in [2.75, 3.05) is 12.8 Å². The molecule has 0 radical (unpaired) electrons. The monoisotopic (exact) mass is 301 g/mol. The maximum atomic E-state index is 11.5. The smallest absolute Gasteiger partial charge is 0.159 e. The number of nitrogen functional groups attached to an aromatic ring is 1. The number of thioether (sulfide) groups is 1. The van der Waals surface area contributed by atoms with Gasteiger partial charge in [-0.1, -0.05) is 0 Å². The van der Waals surface area contributed by atoms with Crippen LogP contribution >= 0.6 is 11.8 Å². The van der Waals surface area contributed by atoms with E-state index in [9.17, 15) is 4.79 Å². The van der Waals surface area contributed by atoms with Crippen molar-refractivity contribution >= 4 is 23.2 Å². The second-order valence-electron chi connectivity index (χ2n) is 4.89. The molecule has 0 saturated carbocycles. The summed E-state index contributed by atoms with van der Waals surface area (Å²) in [6.45, 7) is 3.57. The lowest BCUT2D eigenvalue weighted by atomic mass is 10.1. The summed E-state index contributed by atoms with van der Waals surface area (Å²) < 4.78 is 5.37. The maximum Gasteiger partial charge on any atom is 0.159 e. The number of ketones is 1. The number of anilines is 1. The average Bonchev–Trinajstić information content (AvgIpc) is 2.48. The Morgan fingerprint density at radius 3 is 2.62 bits per heavy atom. The molecule has 3 nitrogen and oxygen atoms in total. The molecule has 0 spiro atoms. The second-order valence-corrected chi connectivity index (χ2v) is 5.94. The van der Waals surface area contributed by atoms with Gasteiger partial charge in [0.05, 0.1) is 7.11 Å². The first-order chi connectivity index (χ1) is 10.0. The topological polar surface area (TPSA) is 52.3 Å². The average molecular weight is 301 g/mol. The Morgan fingerprint density at radius 1 is 1.24 bits per heavy atom. The van der Waals surface area contributed by atoms with E-state index in [0.717, 1.165) is 33.2 Å². The number of hydrogen-bond acceptors (Lipinski definition) is 4. The fraction of sp³-hybridized carbons (Fsp3) is 0.235. The van der Waals surface area contributed by atoms with Gasteiger partial charge in [0, 0.05) is 27.5 Å². The Kier molecular flexibility index (Phi) is 4.91. The largest absolute Gasteiger partial charge is 0.496 e. The van der Waals surface area contributed by atoms with Gasteiger partial charge in [0.25, 0.3) is 0 Å². The Morgan fingerprint density at radius 2 is 2.00 bits per heavy atom. The zero-order valence-corrected chi connectivity index (χ0v) is 13.3. The van der Waals surface area contributed by atoms with Crippen LogP contribution in [0.4, 0.5) is 5.69 Å². The summed E-state index contributed by atoms with van der Waals surface area (Å²) in [6, 6.07) is 11.5. The fourth-order valence-electron chi connectivity index (χ4n) is 2.01. The quantitative estimate of drug-likeness (QED) is 0.513. The molecule has 0 saturated heterocycles. The molecule has 110 valence electrons. The van der Waals surface area contributed by atoms with Crippen LogP contribution in [0, 0.1) is 6.92 Å². The fourth-order valence-corrected chi connectivity index (χ4v) is 2.98. The van der Waals surface area contributed by atoms with E-state index in [4.69, 9.17) is 10.5 Å². The number of Topliss-reactive ketones (excluding diaryl/α,β-unsaturated/α-hetero) is 1. The number of methoxy groups -OCH3 is 1. The van der Waals surface area contributed by atoms with Crippen molar-refractivity contribution in [3.05, 3.63) is 53.1 Å². The molecule has 0 unspecified atom stereocenters. The van der Waals surface area contributed by atoms with Gasteiger partial charge in [0.1, 0.15) is 5.75 Å². The van der Waals surface area contributed by atoms with Gasteiger partial charge in [0.2, 0.25) is 0 Å². The molecule has 2 aromatic rings. The first-order valence-electron chi connectivity index (χ1n) is 6.68. The van der Waals surface area contributed by atoms with Crippen LogP contribution in [0.3, 0.4) is 0 Å². The van der Waals surface area contributed by atoms with Gasteiger partial charge in [-0.05, 0) is 55.8 Å². The van der Waals surface area contributed by atoms with E-state index in [1.165, 1.54) is 0 Å². The van der Waals surface area contributed by atoms with Crippen molar-refractivity contribution < 1.29 is 9.53 Å². The summed E-state index contributed by atoms with van der Waals surface area (Å²) in [6.07, 6.45) is 0. The van der Waals surface area contributed by atoms with Crippen molar-refractivity contribution in [1.29, 1.82) is 0 Å². The van der Waals surface area contributed by atoms with E-state index < -0.39 is 0 Å². The van der Waals surface area contributed by atoms with Gasteiger partial charge in [-0.25, -0.2) is 0 Å². The first-order valence-corrected chi connectivity index (χ1v) is 7.66. The van der Waals surface area contributed by atoms with Gasteiger partial charge in [-0.3, -0.25) is 4.79 Å². The number of hydrogen-bond donors (Lipinski definition) is 1. The highest BCUT2D eigenvalue weighted by Crippen LogP contribution is 2.30. The van der Waals surface area contributed by atoms with E-state index in [1.807, 2.05) is 31.2 Å². The van der Waals surface area contributed by atoms with Crippen LogP contribution in [0.15, 0.2) is 41.3 Å². The molecule has 0 aromatic heterocycles. The molecule has 0 bridgehead atoms. The maximum absolute atomic E-state index is 11.5. The number of carbonyl (C=O) groups is 1.